The monoisotopic (exact) mass is 455 g/mol. The van der Waals surface area contributed by atoms with Crippen LogP contribution in [0.3, 0.4) is 0 Å². The second-order valence-electron chi connectivity index (χ2n) is 7.57. The highest BCUT2D eigenvalue weighted by atomic mass is 32.2. The molecule has 1 fully saturated rings. The van der Waals surface area contributed by atoms with Crippen LogP contribution < -0.4 is 10.0 Å². The number of hydrogen-bond acceptors (Lipinski definition) is 7. The average molecular weight is 456 g/mol. The van der Waals surface area contributed by atoms with E-state index in [1.807, 2.05) is 17.7 Å². The quantitative estimate of drug-likeness (QED) is 0.590. The number of aromatic nitrogens is 2. The van der Waals surface area contributed by atoms with Crippen molar-refractivity contribution in [3.8, 4) is 0 Å². The van der Waals surface area contributed by atoms with Gasteiger partial charge >= 0.3 is 0 Å². The van der Waals surface area contributed by atoms with Crippen LogP contribution in [-0.4, -0.2) is 48.0 Å². The van der Waals surface area contributed by atoms with E-state index in [2.05, 4.69) is 46.0 Å². The summed E-state index contributed by atoms with van der Waals surface area (Å²) in [5.41, 5.74) is 3.49. The molecular formula is C19H29N5O2S3. The molecule has 160 valence electrons. The lowest BCUT2D eigenvalue weighted by atomic mass is 10.1. The molecule has 2 N–H and O–H groups in total. The van der Waals surface area contributed by atoms with Crippen LogP contribution in [-0.2, 0) is 16.7 Å². The predicted molar refractivity (Wildman–Crippen MR) is 122 cm³/mol. The Labute approximate surface area is 182 Å². The fourth-order valence-corrected chi connectivity index (χ4v) is 5.76. The summed E-state index contributed by atoms with van der Waals surface area (Å²) in [6.45, 7) is 8.32. The Hall–Kier alpha value is -1.33. The Bertz CT molecular complexity index is 992. The first kappa shape index (κ1) is 22.4. The molecule has 7 nitrogen and oxygen atoms in total. The van der Waals surface area contributed by atoms with Gasteiger partial charge in [-0.3, -0.25) is 4.90 Å². The maximum atomic E-state index is 12.0. The van der Waals surface area contributed by atoms with E-state index in [0.717, 1.165) is 40.7 Å². The van der Waals surface area contributed by atoms with E-state index in [0.29, 0.717) is 13.1 Å². The van der Waals surface area contributed by atoms with E-state index in [1.165, 1.54) is 22.5 Å². The number of anilines is 2. The van der Waals surface area contributed by atoms with Gasteiger partial charge in [0.1, 0.15) is 0 Å². The fraction of sp³-hybridized carbons (Fsp3) is 0.579. The molecule has 0 bridgehead atoms. The van der Waals surface area contributed by atoms with E-state index in [-0.39, 0.29) is 11.8 Å². The van der Waals surface area contributed by atoms with Gasteiger partial charge in [-0.1, -0.05) is 24.3 Å². The summed E-state index contributed by atoms with van der Waals surface area (Å²) in [6, 6.07) is 6.26. The summed E-state index contributed by atoms with van der Waals surface area (Å²) in [5, 5.41) is 8.74. The minimum absolute atomic E-state index is 0.0215. The molecule has 1 saturated heterocycles. The fourth-order valence-electron chi connectivity index (χ4n) is 3.35. The standard InChI is InChI=1S/C19H29N5O2S3/c1-4-11-29(25,26)22-16-7-9-23(10-8-16)13-24-19(27)28-18(21-24)20-17-6-5-14(2)15(3)12-17/h5-6,12,16,22H,4,7-11,13H2,1-3H3,(H,20,21). The lowest BCUT2D eigenvalue weighted by molar-refractivity contribution is 0.158. The molecule has 0 aliphatic carbocycles. The first-order valence-corrected chi connectivity index (χ1v) is 12.8. The van der Waals surface area contributed by atoms with Gasteiger partial charge in [-0.15, -0.1) is 5.10 Å². The number of sulfonamides is 1. The summed E-state index contributed by atoms with van der Waals surface area (Å²) < 4.78 is 29.3. The van der Waals surface area contributed by atoms with Crippen LogP contribution >= 0.6 is 23.6 Å². The summed E-state index contributed by atoms with van der Waals surface area (Å²) in [4.78, 5) is 2.26. The zero-order valence-corrected chi connectivity index (χ0v) is 19.6. The third-order valence-electron chi connectivity index (χ3n) is 5.11. The van der Waals surface area contributed by atoms with Crippen molar-refractivity contribution >= 4 is 44.4 Å². The topological polar surface area (TPSA) is 79.3 Å². The molecule has 0 unspecified atom stereocenters. The van der Waals surface area contributed by atoms with Crippen LogP contribution in [0, 0.1) is 17.8 Å². The van der Waals surface area contributed by atoms with Gasteiger partial charge in [-0.05, 0) is 68.6 Å². The smallest absolute Gasteiger partial charge is 0.211 e. The molecule has 2 aromatic rings. The third kappa shape index (κ3) is 6.32. The van der Waals surface area contributed by atoms with Crippen molar-refractivity contribution < 1.29 is 8.42 Å². The van der Waals surface area contributed by atoms with E-state index in [9.17, 15) is 8.42 Å². The van der Waals surface area contributed by atoms with Crippen molar-refractivity contribution in [3.63, 3.8) is 0 Å². The molecule has 1 aromatic heterocycles. The van der Waals surface area contributed by atoms with Gasteiger partial charge in [0.05, 0.1) is 12.4 Å². The minimum atomic E-state index is -3.16. The summed E-state index contributed by atoms with van der Waals surface area (Å²) in [5.74, 6) is 0.192. The highest BCUT2D eigenvalue weighted by Gasteiger charge is 2.23. The Kier molecular flexibility index (Phi) is 7.44. The molecule has 2 heterocycles. The molecule has 3 rings (SSSR count). The van der Waals surface area contributed by atoms with Gasteiger partial charge in [-0.2, -0.15) is 0 Å². The molecule has 29 heavy (non-hydrogen) atoms. The number of nitrogens with zero attached hydrogens (tertiary/aromatic N) is 3. The number of aryl methyl sites for hydroxylation is 2. The number of piperidine rings is 1. The van der Waals surface area contributed by atoms with Crippen molar-refractivity contribution in [2.75, 3.05) is 24.2 Å². The van der Waals surface area contributed by atoms with Crippen LogP contribution in [0.25, 0.3) is 0 Å². The molecule has 10 heteroatoms. The highest BCUT2D eigenvalue weighted by molar-refractivity contribution is 7.89. The van der Waals surface area contributed by atoms with Crippen molar-refractivity contribution in [2.45, 2.75) is 52.7 Å². The van der Waals surface area contributed by atoms with Gasteiger partial charge in [0, 0.05) is 24.8 Å². The Morgan fingerprint density at radius 2 is 1.97 bits per heavy atom. The van der Waals surface area contributed by atoms with E-state index in [4.69, 9.17) is 12.2 Å². The first-order chi connectivity index (χ1) is 13.8. The average Bonchev–Trinajstić information content (AvgIpc) is 2.98. The van der Waals surface area contributed by atoms with E-state index >= 15 is 0 Å². The number of benzene rings is 1. The summed E-state index contributed by atoms with van der Waals surface area (Å²) >= 11 is 6.95. The van der Waals surface area contributed by atoms with Gasteiger partial charge in [0.25, 0.3) is 0 Å². The zero-order chi connectivity index (χ0) is 21.0. The second-order valence-corrected chi connectivity index (χ2v) is 11.1. The van der Waals surface area contributed by atoms with Gasteiger partial charge < -0.3 is 5.32 Å². The molecule has 1 aromatic carbocycles. The van der Waals surface area contributed by atoms with Crippen LogP contribution in [0.2, 0.25) is 0 Å². The lowest BCUT2D eigenvalue weighted by Gasteiger charge is -2.31. The van der Waals surface area contributed by atoms with Gasteiger partial charge in [0.15, 0.2) is 3.95 Å². The minimum Gasteiger partial charge on any atom is -0.330 e. The summed E-state index contributed by atoms with van der Waals surface area (Å²) in [7, 11) is -3.16. The largest absolute Gasteiger partial charge is 0.330 e. The normalized spacial score (nSPS) is 16.2. The number of rotatable bonds is 8. The molecule has 0 saturated carbocycles. The predicted octanol–water partition coefficient (Wildman–Crippen LogP) is 3.79. The Balaban J connectivity index is 1.55. The van der Waals surface area contributed by atoms with Crippen molar-refractivity contribution in [2.24, 2.45) is 0 Å². The Morgan fingerprint density at radius 1 is 1.24 bits per heavy atom. The molecular weight excluding hydrogens is 426 g/mol. The maximum Gasteiger partial charge on any atom is 0.211 e. The van der Waals surface area contributed by atoms with Crippen molar-refractivity contribution in [1.82, 2.24) is 19.4 Å². The first-order valence-electron chi connectivity index (χ1n) is 9.90. The number of likely N-dealkylation sites (tertiary alicyclic amines) is 1. The lowest BCUT2D eigenvalue weighted by Crippen LogP contribution is -2.45. The highest BCUT2D eigenvalue weighted by Crippen LogP contribution is 2.23. The Morgan fingerprint density at radius 3 is 2.62 bits per heavy atom. The number of hydrogen-bond donors (Lipinski definition) is 2. The van der Waals surface area contributed by atoms with E-state index < -0.39 is 10.0 Å². The second kappa shape index (κ2) is 9.65. The third-order valence-corrected chi connectivity index (χ3v) is 7.97. The molecule has 0 radical (unpaired) electrons. The molecule has 1 aliphatic heterocycles. The van der Waals surface area contributed by atoms with Crippen LogP contribution in [0.15, 0.2) is 18.2 Å². The SMILES string of the molecule is CCCS(=O)(=O)NC1CCN(Cn2nc(Nc3ccc(C)c(C)c3)sc2=S)CC1. The molecule has 0 atom stereocenters. The van der Waals surface area contributed by atoms with E-state index in [1.54, 1.807) is 0 Å². The van der Waals surface area contributed by atoms with Crippen LogP contribution in [0.1, 0.15) is 37.3 Å². The van der Waals surface area contributed by atoms with Crippen LogP contribution in [0.4, 0.5) is 10.8 Å². The van der Waals surface area contributed by atoms with Gasteiger partial charge in [-0.25, -0.2) is 17.8 Å². The van der Waals surface area contributed by atoms with Gasteiger partial charge in [0.2, 0.25) is 15.2 Å². The van der Waals surface area contributed by atoms with Crippen molar-refractivity contribution in [3.05, 3.63) is 33.3 Å². The zero-order valence-electron chi connectivity index (χ0n) is 17.1. The molecule has 1 aliphatic rings. The molecule has 0 spiro atoms. The van der Waals surface area contributed by atoms with Crippen LogP contribution in [0.5, 0.6) is 0 Å². The molecule has 0 amide bonds. The summed E-state index contributed by atoms with van der Waals surface area (Å²) in [6.07, 6.45) is 2.23. The number of nitrogens with one attached hydrogen (secondary N) is 2. The maximum absolute atomic E-state index is 12.0. The van der Waals surface area contributed by atoms with Crippen molar-refractivity contribution in [1.29, 1.82) is 0 Å².